The van der Waals surface area contributed by atoms with Gasteiger partial charge in [0.05, 0.1) is 13.7 Å². The lowest BCUT2D eigenvalue weighted by Gasteiger charge is -2.03. The van der Waals surface area contributed by atoms with E-state index in [1.807, 2.05) is 6.07 Å². The molecule has 1 aromatic carbocycles. The molecule has 0 atom stereocenters. The lowest BCUT2D eigenvalue weighted by molar-refractivity contribution is 0.386. The Morgan fingerprint density at radius 3 is 2.89 bits per heavy atom. The van der Waals surface area contributed by atoms with Gasteiger partial charge in [-0.1, -0.05) is 6.07 Å². The molecule has 2 aromatic rings. The zero-order valence-electron chi connectivity index (χ0n) is 10.7. The zero-order valence-corrected chi connectivity index (χ0v) is 10.7. The van der Waals surface area contributed by atoms with Crippen LogP contribution >= 0.6 is 0 Å². The summed E-state index contributed by atoms with van der Waals surface area (Å²) in [7, 11) is 1.44. The van der Waals surface area contributed by atoms with Gasteiger partial charge >= 0.3 is 0 Å². The largest absolute Gasteiger partial charge is 0.494 e. The molecule has 1 aromatic heterocycles. The highest BCUT2D eigenvalue weighted by atomic mass is 19.1. The third-order valence-electron chi connectivity index (χ3n) is 2.68. The number of methoxy groups -OCH3 is 1. The summed E-state index contributed by atoms with van der Waals surface area (Å²) < 4.78 is 18.4. The van der Waals surface area contributed by atoms with E-state index in [2.05, 4.69) is 15.4 Å². The van der Waals surface area contributed by atoms with Crippen molar-refractivity contribution in [2.75, 3.05) is 13.7 Å². The predicted molar refractivity (Wildman–Crippen MR) is 67.2 cm³/mol. The Kier molecular flexibility index (Phi) is 4.40. The van der Waals surface area contributed by atoms with Crippen molar-refractivity contribution in [1.82, 2.24) is 20.2 Å². The molecule has 0 saturated carbocycles. The van der Waals surface area contributed by atoms with Gasteiger partial charge in [0.15, 0.2) is 17.4 Å². The molecule has 0 amide bonds. The van der Waals surface area contributed by atoms with E-state index < -0.39 is 0 Å². The third kappa shape index (κ3) is 3.47. The average Bonchev–Trinajstić information content (AvgIpc) is 2.85. The van der Waals surface area contributed by atoms with Crippen molar-refractivity contribution in [1.29, 1.82) is 0 Å². The SMILES string of the molecule is COc1ccc(CCc2nnn(CCN)n2)cc1F. The van der Waals surface area contributed by atoms with Gasteiger partial charge in [-0.3, -0.25) is 0 Å². The molecule has 2 rings (SSSR count). The number of halogens is 1. The summed E-state index contributed by atoms with van der Waals surface area (Å²) in [6.07, 6.45) is 1.26. The molecule has 0 radical (unpaired) electrons. The van der Waals surface area contributed by atoms with Crippen molar-refractivity contribution in [2.45, 2.75) is 19.4 Å². The van der Waals surface area contributed by atoms with E-state index in [4.69, 9.17) is 10.5 Å². The minimum absolute atomic E-state index is 0.246. The van der Waals surface area contributed by atoms with E-state index in [0.717, 1.165) is 5.56 Å². The van der Waals surface area contributed by atoms with Gasteiger partial charge in [-0.15, -0.1) is 10.2 Å². The third-order valence-corrected chi connectivity index (χ3v) is 2.68. The number of hydrogen-bond acceptors (Lipinski definition) is 5. The fraction of sp³-hybridized carbons (Fsp3) is 0.417. The molecule has 1 heterocycles. The number of nitrogens with zero attached hydrogens (tertiary/aromatic N) is 4. The van der Waals surface area contributed by atoms with Gasteiger partial charge in [0.2, 0.25) is 0 Å². The molecule has 0 aliphatic rings. The standard InChI is InChI=1S/C12H16FN5O/c1-19-11-4-2-9(8-10(11)13)3-5-12-15-17-18(16-12)7-6-14/h2,4,8H,3,5-7,14H2,1H3. The number of nitrogens with two attached hydrogens (primary N) is 1. The minimum Gasteiger partial charge on any atom is -0.494 e. The van der Waals surface area contributed by atoms with Crippen LogP contribution in [0.3, 0.4) is 0 Å². The molecule has 0 unspecified atom stereocenters. The Balaban J connectivity index is 1.95. The molecule has 0 spiro atoms. The van der Waals surface area contributed by atoms with Crippen LogP contribution < -0.4 is 10.5 Å². The number of benzene rings is 1. The van der Waals surface area contributed by atoms with Crippen LogP contribution in [-0.4, -0.2) is 33.9 Å². The molecule has 19 heavy (non-hydrogen) atoms. The number of tetrazole rings is 1. The zero-order chi connectivity index (χ0) is 13.7. The highest BCUT2D eigenvalue weighted by Gasteiger charge is 2.06. The molecule has 0 fully saturated rings. The molecular formula is C12H16FN5O. The summed E-state index contributed by atoms with van der Waals surface area (Å²) in [5, 5.41) is 11.9. The van der Waals surface area contributed by atoms with Crippen molar-refractivity contribution in [3.63, 3.8) is 0 Å². The van der Waals surface area contributed by atoms with E-state index in [9.17, 15) is 4.39 Å². The number of ether oxygens (including phenoxy) is 1. The van der Waals surface area contributed by atoms with Crippen LogP contribution in [0.2, 0.25) is 0 Å². The van der Waals surface area contributed by atoms with Gasteiger partial charge in [0, 0.05) is 13.0 Å². The number of hydrogen-bond donors (Lipinski definition) is 1. The summed E-state index contributed by atoms with van der Waals surface area (Å²) in [6, 6.07) is 4.90. The van der Waals surface area contributed by atoms with Crippen LogP contribution in [0.4, 0.5) is 4.39 Å². The maximum absolute atomic E-state index is 13.5. The molecule has 0 aliphatic carbocycles. The molecule has 0 bridgehead atoms. The molecule has 6 nitrogen and oxygen atoms in total. The molecule has 0 saturated heterocycles. The topological polar surface area (TPSA) is 78.9 Å². The van der Waals surface area contributed by atoms with Crippen LogP contribution in [-0.2, 0) is 19.4 Å². The van der Waals surface area contributed by atoms with Crippen LogP contribution in [0.25, 0.3) is 0 Å². The van der Waals surface area contributed by atoms with Crippen LogP contribution in [0, 0.1) is 5.82 Å². The van der Waals surface area contributed by atoms with Crippen molar-refractivity contribution < 1.29 is 9.13 Å². The average molecular weight is 265 g/mol. The van der Waals surface area contributed by atoms with Gasteiger partial charge in [0.25, 0.3) is 0 Å². The van der Waals surface area contributed by atoms with Gasteiger partial charge in [-0.25, -0.2) is 4.39 Å². The second-order valence-corrected chi connectivity index (χ2v) is 4.06. The van der Waals surface area contributed by atoms with E-state index in [1.165, 1.54) is 18.0 Å². The Morgan fingerprint density at radius 2 is 2.21 bits per heavy atom. The Morgan fingerprint density at radius 1 is 1.37 bits per heavy atom. The first-order chi connectivity index (χ1) is 9.22. The molecular weight excluding hydrogens is 249 g/mol. The second kappa shape index (κ2) is 6.24. The van der Waals surface area contributed by atoms with Crippen molar-refractivity contribution >= 4 is 0 Å². The molecule has 0 aliphatic heterocycles. The second-order valence-electron chi connectivity index (χ2n) is 4.06. The van der Waals surface area contributed by atoms with Gasteiger partial charge < -0.3 is 10.5 Å². The van der Waals surface area contributed by atoms with Gasteiger partial charge in [0.1, 0.15) is 0 Å². The summed E-state index contributed by atoms with van der Waals surface area (Å²) in [5.74, 6) is 0.514. The lowest BCUT2D eigenvalue weighted by atomic mass is 10.1. The number of aromatic nitrogens is 4. The quantitative estimate of drug-likeness (QED) is 0.825. The van der Waals surface area contributed by atoms with E-state index in [1.54, 1.807) is 6.07 Å². The molecule has 102 valence electrons. The lowest BCUT2D eigenvalue weighted by Crippen LogP contribution is -2.12. The molecule has 2 N–H and O–H groups in total. The maximum atomic E-state index is 13.5. The van der Waals surface area contributed by atoms with Crippen molar-refractivity contribution in [3.05, 3.63) is 35.4 Å². The summed E-state index contributed by atoms with van der Waals surface area (Å²) in [5.41, 5.74) is 6.27. The van der Waals surface area contributed by atoms with Crippen LogP contribution in [0.5, 0.6) is 5.75 Å². The number of rotatable bonds is 6. The summed E-state index contributed by atoms with van der Waals surface area (Å²) in [4.78, 5) is 1.46. The first-order valence-electron chi connectivity index (χ1n) is 6.02. The first kappa shape index (κ1) is 13.4. The van der Waals surface area contributed by atoms with E-state index in [-0.39, 0.29) is 11.6 Å². The predicted octanol–water partition coefficient (Wildman–Crippen LogP) is 0.565. The van der Waals surface area contributed by atoms with Crippen LogP contribution in [0.15, 0.2) is 18.2 Å². The fourth-order valence-corrected chi connectivity index (χ4v) is 1.71. The van der Waals surface area contributed by atoms with Crippen molar-refractivity contribution in [3.8, 4) is 5.75 Å². The highest BCUT2D eigenvalue weighted by Crippen LogP contribution is 2.18. The summed E-state index contributed by atoms with van der Waals surface area (Å²) in [6.45, 7) is 1.02. The molecule has 7 heteroatoms. The Labute approximate surface area is 110 Å². The number of aryl methyl sites for hydroxylation is 2. The van der Waals surface area contributed by atoms with Gasteiger partial charge in [-0.2, -0.15) is 4.80 Å². The Hall–Kier alpha value is -2.02. The van der Waals surface area contributed by atoms with Crippen LogP contribution in [0.1, 0.15) is 11.4 Å². The summed E-state index contributed by atoms with van der Waals surface area (Å²) >= 11 is 0. The van der Waals surface area contributed by atoms with E-state index in [0.29, 0.717) is 31.8 Å². The minimum atomic E-state index is -0.361. The Bertz CT molecular complexity index is 543. The highest BCUT2D eigenvalue weighted by molar-refractivity contribution is 5.29. The van der Waals surface area contributed by atoms with E-state index >= 15 is 0 Å². The van der Waals surface area contributed by atoms with Gasteiger partial charge in [-0.05, 0) is 29.3 Å². The fourth-order valence-electron chi connectivity index (χ4n) is 1.71. The smallest absolute Gasteiger partial charge is 0.175 e. The first-order valence-corrected chi connectivity index (χ1v) is 6.02. The van der Waals surface area contributed by atoms with Crippen molar-refractivity contribution in [2.24, 2.45) is 5.73 Å². The maximum Gasteiger partial charge on any atom is 0.175 e. The normalized spacial score (nSPS) is 10.7. The monoisotopic (exact) mass is 265 g/mol.